The molecule has 19 heavy (non-hydrogen) atoms. The summed E-state index contributed by atoms with van der Waals surface area (Å²) in [5.41, 5.74) is 6.53. The Kier molecular flexibility index (Phi) is 4.42. The van der Waals surface area contributed by atoms with Crippen LogP contribution in [-0.2, 0) is 11.2 Å². The second kappa shape index (κ2) is 5.88. The molecule has 2 rings (SSSR count). The number of hydrogen-bond acceptors (Lipinski definition) is 5. The van der Waals surface area contributed by atoms with Crippen molar-refractivity contribution in [1.82, 2.24) is 14.8 Å². The van der Waals surface area contributed by atoms with Crippen LogP contribution in [0.4, 0.5) is 5.13 Å². The number of aryl methyl sites for hydroxylation is 1. The second-order valence-corrected chi connectivity index (χ2v) is 6.40. The standard InChI is InChI=1S/C13H22N4OS/c1-9-11(19-13(14)15-9)7-12(18)17(3)8-10-5-4-6-16(10)2/h10H,4-8H2,1-3H3,(H2,14,15)/t10-/m1/s1. The van der Waals surface area contributed by atoms with Crippen molar-refractivity contribution in [1.29, 1.82) is 0 Å². The maximum atomic E-state index is 12.2. The van der Waals surface area contributed by atoms with E-state index in [1.807, 2.05) is 18.9 Å². The number of nitrogens with zero attached hydrogens (tertiary/aromatic N) is 3. The first-order valence-electron chi connectivity index (χ1n) is 6.63. The quantitative estimate of drug-likeness (QED) is 0.899. The lowest BCUT2D eigenvalue weighted by Gasteiger charge is -2.25. The third-order valence-electron chi connectivity index (χ3n) is 3.80. The summed E-state index contributed by atoms with van der Waals surface area (Å²) < 4.78 is 0. The summed E-state index contributed by atoms with van der Waals surface area (Å²) in [6.07, 6.45) is 2.82. The van der Waals surface area contributed by atoms with Crippen LogP contribution in [0.2, 0.25) is 0 Å². The van der Waals surface area contributed by atoms with Crippen molar-refractivity contribution in [2.75, 3.05) is 32.9 Å². The van der Waals surface area contributed by atoms with Crippen molar-refractivity contribution >= 4 is 22.4 Å². The van der Waals surface area contributed by atoms with Crippen LogP contribution in [0, 0.1) is 6.92 Å². The average molecular weight is 282 g/mol. The Morgan fingerprint density at radius 2 is 2.37 bits per heavy atom. The van der Waals surface area contributed by atoms with Crippen LogP contribution < -0.4 is 5.73 Å². The molecular weight excluding hydrogens is 260 g/mol. The van der Waals surface area contributed by atoms with E-state index < -0.39 is 0 Å². The van der Waals surface area contributed by atoms with Gasteiger partial charge in [0.25, 0.3) is 0 Å². The molecule has 0 unspecified atom stereocenters. The fraction of sp³-hybridized carbons (Fsp3) is 0.692. The van der Waals surface area contributed by atoms with Gasteiger partial charge in [-0.15, -0.1) is 11.3 Å². The maximum absolute atomic E-state index is 12.2. The number of likely N-dealkylation sites (N-methyl/N-ethyl adjacent to an activating group) is 2. The highest BCUT2D eigenvalue weighted by molar-refractivity contribution is 7.15. The molecule has 1 aliphatic rings. The van der Waals surface area contributed by atoms with Crippen molar-refractivity contribution in [2.24, 2.45) is 0 Å². The van der Waals surface area contributed by atoms with Gasteiger partial charge in [0.1, 0.15) is 0 Å². The Hall–Kier alpha value is -1.14. The first kappa shape index (κ1) is 14.3. The van der Waals surface area contributed by atoms with Crippen LogP contribution in [0.25, 0.3) is 0 Å². The van der Waals surface area contributed by atoms with Gasteiger partial charge in [-0.25, -0.2) is 4.98 Å². The Labute approximate surface area is 118 Å². The molecule has 0 saturated carbocycles. The van der Waals surface area contributed by atoms with E-state index in [-0.39, 0.29) is 5.91 Å². The minimum Gasteiger partial charge on any atom is -0.375 e. The molecule has 1 aromatic rings. The van der Waals surface area contributed by atoms with Crippen molar-refractivity contribution in [3.63, 3.8) is 0 Å². The van der Waals surface area contributed by atoms with Crippen LogP contribution >= 0.6 is 11.3 Å². The number of hydrogen-bond donors (Lipinski definition) is 1. The average Bonchev–Trinajstić information content (AvgIpc) is 2.86. The number of carbonyl (C=O) groups is 1. The molecular formula is C13H22N4OS. The van der Waals surface area contributed by atoms with Gasteiger partial charge in [0.05, 0.1) is 12.1 Å². The Balaban J connectivity index is 1.90. The summed E-state index contributed by atoms with van der Waals surface area (Å²) in [5, 5.41) is 0.540. The molecule has 1 saturated heterocycles. The number of anilines is 1. The van der Waals surface area contributed by atoms with E-state index in [9.17, 15) is 4.79 Å². The molecule has 1 fully saturated rings. The predicted octanol–water partition coefficient (Wildman–Crippen LogP) is 1.13. The zero-order valence-electron chi connectivity index (χ0n) is 11.8. The van der Waals surface area contributed by atoms with E-state index in [4.69, 9.17) is 5.73 Å². The van der Waals surface area contributed by atoms with Gasteiger partial charge >= 0.3 is 0 Å². The van der Waals surface area contributed by atoms with E-state index in [2.05, 4.69) is 16.9 Å². The van der Waals surface area contributed by atoms with Crippen molar-refractivity contribution in [3.8, 4) is 0 Å². The second-order valence-electron chi connectivity index (χ2n) is 5.29. The molecule has 106 valence electrons. The molecule has 2 N–H and O–H groups in total. The van der Waals surface area contributed by atoms with Crippen molar-refractivity contribution in [2.45, 2.75) is 32.2 Å². The highest BCUT2D eigenvalue weighted by Crippen LogP contribution is 2.21. The number of thiazole rings is 1. The molecule has 1 atom stereocenters. The first-order valence-corrected chi connectivity index (χ1v) is 7.45. The van der Waals surface area contributed by atoms with Crippen molar-refractivity contribution < 1.29 is 4.79 Å². The number of nitrogens with two attached hydrogens (primary N) is 1. The topological polar surface area (TPSA) is 62.5 Å². The van der Waals surface area contributed by atoms with Gasteiger partial charge in [-0.2, -0.15) is 0 Å². The van der Waals surface area contributed by atoms with Crippen LogP contribution in [0.5, 0.6) is 0 Å². The molecule has 0 radical (unpaired) electrons. The summed E-state index contributed by atoms with van der Waals surface area (Å²) in [7, 11) is 4.01. The van der Waals surface area contributed by atoms with Crippen molar-refractivity contribution in [3.05, 3.63) is 10.6 Å². The van der Waals surface area contributed by atoms with Crippen LogP contribution in [-0.4, -0.2) is 53.9 Å². The lowest BCUT2D eigenvalue weighted by atomic mass is 10.2. The molecule has 1 aliphatic heterocycles. The van der Waals surface area contributed by atoms with Gasteiger partial charge in [-0.05, 0) is 33.4 Å². The summed E-state index contributed by atoms with van der Waals surface area (Å²) in [6.45, 7) is 3.85. The van der Waals surface area contributed by atoms with Gasteiger partial charge in [0.15, 0.2) is 5.13 Å². The van der Waals surface area contributed by atoms with Crippen LogP contribution in [0.15, 0.2) is 0 Å². The summed E-state index contributed by atoms with van der Waals surface area (Å²) in [5.74, 6) is 0.145. The van der Waals surface area contributed by atoms with Gasteiger partial charge < -0.3 is 15.5 Å². The molecule has 6 heteroatoms. The monoisotopic (exact) mass is 282 g/mol. The van der Waals surface area contributed by atoms with E-state index in [1.54, 1.807) is 0 Å². The fourth-order valence-electron chi connectivity index (χ4n) is 2.51. The summed E-state index contributed by atoms with van der Waals surface area (Å²) in [4.78, 5) is 21.5. The minimum absolute atomic E-state index is 0.145. The zero-order chi connectivity index (χ0) is 14.0. The molecule has 5 nitrogen and oxygen atoms in total. The number of rotatable bonds is 4. The largest absolute Gasteiger partial charge is 0.375 e. The van der Waals surface area contributed by atoms with E-state index >= 15 is 0 Å². The lowest BCUT2D eigenvalue weighted by molar-refractivity contribution is -0.129. The third kappa shape index (κ3) is 3.45. The predicted molar refractivity (Wildman–Crippen MR) is 78.3 cm³/mol. The Morgan fingerprint density at radius 1 is 1.63 bits per heavy atom. The summed E-state index contributed by atoms with van der Waals surface area (Å²) in [6, 6.07) is 0.501. The molecule has 0 aliphatic carbocycles. The normalized spacial score (nSPS) is 19.8. The third-order valence-corrected chi connectivity index (χ3v) is 4.79. The number of nitrogen functional groups attached to an aromatic ring is 1. The lowest BCUT2D eigenvalue weighted by Crippen LogP contribution is -2.40. The molecule has 1 amide bonds. The van der Waals surface area contributed by atoms with Gasteiger partial charge in [-0.1, -0.05) is 0 Å². The molecule has 0 aromatic carbocycles. The SMILES string of the molecule is Cc1nc(N)sc1CC(=O)N(C)C[C@H]1CCCN1C. The zero-order valence-corrected chi connectivity index (χ0v) is 12.7. The Morgan fingerprint density at radius 3 is 2.89 bits per heavy atom. The van der Waals surface area contributed by atoms with E-state index in [0.717, 1.165) is 23.7 Å². The molecule has 0 bridgehead atoms. The number of likely N-dealkylation sites (tertiary alicyclic amines) is 1. The highest BCUT2D eigenvalue weighted by atomic mass is 32.1. The fourth-order valence-corrected chi connectivity index (χ4v) is 3.34. The summed E-state index contributed by atoms with van der Waals surface area (Å²) >= 11 is 1.41. The molecule has 2 heterocycles. The minimum atomic E-state index is 0.145. The van der Waals surface area contributed by atoms with Crippen LogP contribution in [0.3, 0.4) is 0 Å². The van der Waals surface area contributed by atoms with E-state index in [0.29, 0.717) is 17.6 Å². The Bertz CT molecular complexity index is 459. The number of carbonyl (C=O) groups excluding carboxylic acids is 1. The van der Waals surface area contributed by atoms with Gasteiger partial charge in [0, 0.05) is 24.5 Å². The van der Waals surface area contributed by atoms with Crippen LogP contribution in [0.1, 0.15) is 23.4 Å². The van der Waals surface area contributed by atoms with Gasteiger partial charge in [0.2, 0.25) is 5.91 Å². The maximum Gasteiger partial charge on any atom is 0.227 e. The first-order chi connectivity index (χ1) is 8.97. The number of amides is 1. The molecule has 0 spiro atoms. The highest BCUT2D eigenvalue weighted by Gasteiger charge is 2.24. The van der Waals surface area contributed by atoms with Gasteiger partial charge in [-0.3, -0.25) is 4.79 Å². The number of aromatic nitrogens is 1. The molecule has 1 aromatic heterocycles. The smallest absolute Gasteiger partial charge is 0.227 e. The van der Waals surface area contributed by atoms with E-state index in [1.165, 1.54) is 24.2 Å².